The minimum absolute atomic E-state index is 0.614. The summed E-state index contributed by atoms with van der Waals surface area (Å²) in [4.78, 5) is 0. The van der Waals surface area contributed by atoms with Crippen molar-refractivity contribution in [2.24, 2.45) is 13.0 Å². The zero-order chi connectivity index (χ0) is 15.1. The third-order valence-corrected chi connectivity index (χ3v) is 4.83. The van der Waals surface area contributed by atoms with Crippen LogP contribution in [0.3, 0.4) is 0 Å². The Balaban J connectivity index is 1.94. The molecule has 0 aliphatic heterocycles. The maximum atomic E-state index is 4.50. The van der Waals surface area contributed by atoms with Crippen LogP contribution in [0.5, 0.6) is 0 Å². The summed E-state index contributed by atoms with van der Waals surface area (Å²) in [5.74, 6) is 0.927. The number of aryl methyl sites for hydroxylation is 2. The molecule has 1 atom stereocenters. The molecular weight excluding hydrogens is 258 g/mol. The van der Waals surface area contributed by atoms with Gasteiger partial charge in [0.1, 0.15) is 0 Å². The first kappa shape index (κ1) is 16.5. The van der Waals surface area contributed by atoms with Crippen LogP contribution < -0.4 is 5.32 Å². The van der Waals surface area contributed by atoms with Crippen LogP contribution in [0.25, 0.3) is 0 Å². The van der Waals surface area contributed by atoms with Gasteiger partial charge in [-0.15, -0.1) is 0 Å². The lowest BCUT2D eigenvalue weighted by molar-refractivity contribution is 0.346. The van der Waals surface area contributed by atoms with Gasteiger partial charge in [-0.25, -0.2) is 0 Å². The maximum Gasteiger partial charge on any atom is 0.0596 e. The van der Waals surface area contributed by atoms with Crippen molar-refractivity contribution in [1.29, 1.82) is 0 Å². The second-order valence-electron chi connectivity index (χ2n) is 6.85. The van der Waals surface area contributed by atoms with Crippen LogP contribution in [0, 0.1) is 12.8 Å². The van der Waals surface area contributed by atoms with Crippen molar-refractivity contribution in [2.75, 3.05) is 6.54 Å². The van der Waals surface area contributed by atoms with Gasteiger partial charge in [0.25, 0.3) is 0 Å². The van der Waals surface area contributed by atoms with Crippen LogP contribution in [-0.4, -0.2) is 22.4 Å². The number of nitrogens with one attached hydrogen (secondary N) is 1. The SMILES string of the molecule is CCCNC(Cc1cc(C)nn1C)CC1CCCCCC1. The fourth-order valence-electron chi connectivity index (χ4n) is 3.70. The average Bonchev–Trinajstić information content (AvgIpc) is 2.67. The van der Waals surface area contributed by atoms with Crippen molar-refractivity contribution in [3.05, 3.63) is 17.5 Å². The van der Waals surface area contributed by atoms with Gasteiger partial charge in [-0.05, 0) is 38.3 Å². The first-order valence-electron chi connectivity index (χ1n) is 8.92. The molecule has 0 radical (unpaired) electrons. The van der Waals surface area contributed by atoms with Crippen molar-refractivity contribution in [3.8, 4) is 0 Å². The van der Waals surface area contributed by atoms with Crippen LogP contribution >= 0.6 is 0 Å². The normalized spacial score (nSPS) is 18.6. The summed E-state index contributed by atoms with van der Waals surface area (Å²) >= 11 is 0. The minimum Gasteiger partial charge on any atom is -0.314 e. The van der Waals surface area contributed by atoms with Crippen LogP contribution in [0.15, 0.2) is 6.07 Å². The van der Waals surface area contributed by atoms with Gasteiger partial charge < -0.3 is 5.32 Å². The van der Waals surface area contributed by atoms with Gasteiger partial charge in [-0.2, -0.15) is 5.10 Å². The Morgan fingerprint density at radius 1 is 1.29 bits per heavy atom. The molecule has 3 heteroatoms. The average molecular weight is 291 g/mol. The lowest BCUT2D eigenvalue weighted by atomic mass is 9.90. The highest BCUT2D eigenvalue weighted by molar-refractivity contribution is 5.10. The van der Waals surface area contributed by atoms with Crippen LogP contribution in [0.2, 0.25) is 0 Å². The Morgan fingerprint density at radius 2 is 2.00 bits per heavy atom. The number of hydrogen-bond donors (Lipinski definition) is 1. The summed E-state index contributed by atoms with van der Waals surface area (Å²) in [6.07, 6.45) is 12.3. The van der Waals surface area contributed by atoms with E-state index in [2.05, 4.69) is 42.1 Å². The molecule has 2 rings (SSSR count). The Morgan fingerprint density at radius 3 is 2.57 bits per heavy atom. The molecule has 1 aromatic heterocycles. The highest BCUT2D eigenvalue weighted by atomic mass is 15.3. The molecule has 120 valence electrons. The maximum absolute atomic E-state index is 4.50. The summed E-state index contributed by atoms with van der Waals surface area (Å²) in [7, 11) is 2.07. The van der Waals surface area contributed by atoms with E-state index in [1.54, 1.807) is 0 Å². The molecule has 0 saturated heterocycles. The van der Waals surface area contributed by atoms with Gasteiger partial charge in [0.15, 0.2) is 0 Å². The topological polar surface area (TPSA) is 29.9 Å². The molecule has 0 aromatic carbocycles. The van der Waals surface area contributed by atoms with E-state index in [9.17, 15) is 0 Å². The molecule has 21 heavy (non-hydrogen) atoms. The fraction of sp³-hybridized carbons (Fsp3) is 0.833. The molecule has 0 spiro atoms. The van der Waals surface area contributed by atoms with Gasteiger partial charge in [-0.3, -0.25) is 4.68 Å². The molecule has 1 aromatic rings. The first-order chi connectivity index (χ1) is 10.2. The third-order valence-electron chi connectivity index (χ3n) is 4.83. The molecule has 1 aliphatic rings. The fourth-order valence-corrected chi connectivity index (χ4v) is 3.70. The molecule has 1 saturated carbocycles. The molecule has 1 fully saturated rings. The smallest absolute Gasteiger partial charge is 0.0596 e. The van der Waals surface area contributed by atoms with E-state index in [1.165, 1.54) is 57.1 Å². The van der Waals surface area contributed by atoms with E-state index >= 15 is 0 Å². The quantitative estimate of drug-likeness (QED) is 0.770. The zero-order valence-electron chi connectivity index (χ0n) is 14.2. The van der Waals surface area contributed by atoms with Gasteiger partial charge in [-0.1, -0.05) is 45.4 Å². The van der Waals surface area contributed by atoms with Crippen molar-refractivity contribution in [1.82, 2.24) is 15.1 Å². The van der Waals surface area contributed by atoms with Crippen molar-refractivity contribution in [2.45, 2.75) is 77.7 Å². The van der Waals surface area contributed by atoms with E-state index < -0.39 is 0 Å². The van der Waals surface area contributed by atoms with Crippen molar-refractivity contribution in [3.63, 3.8) is 0 Å². The molecule has 3 nitrogen and oxygen atoms in total. The van der Waals surface area contributed by atoms with E-state index in [1.807, 2.05) is 0 Å². The van der Waals surface area contributed by atoms with Gasteiger partial charge in [0.05, 0.1) is 5.69 Å². The first-order valence-corrected chi connectivity index (χ1v) is 8.92. The number of rotatable bonds is 7. The van der Waals surface area contributed by atoms with Crippen molar-refractivity contribution >= 4 is 0 Å². The predicted molar refractivity (Wildman–Crippen MR) is 89.5 cm³/mol. The lowest BCUT2D eigenvalue weighted by Crippen LogP contribution is -2.34. The predicted octanol–water partition coefficient (Wildman–Crippen LogP) is 4.00. The van der Waals surface area contributed by atoms with Gasteiger partial charge in [0.2, 0.25) is 0 Å². The van der Waals surface area contributed by atoms with Crippen LogP contribution in [0.1, 0.15) is 69.7 Å². The number of aromatic nitrogens is 2. The van der Waals surface area contributed by atoms with Gasteiger partial charge in [0, 0.05) is 25.2 Å². The summed E-state index contributed by atoms with van der Waals surface area (Å²) < 4.78 is 2.06. The standard InChI is InChI=1S/C18H33N3/c1-4-11-19-17(13-16-9-7-5-6-8-10-16)14-18-12-15(2)20-21(18)3/h12,16-17,19H,4-11,13-14H2,1-3H3. The molecule has 1 unspecified atom stereocenters. The Labute approximate surface area is 130 Å². The zero-order valence-corrected chi connectivity index (χ0v) is 14.2. The summed E-state index contributed by atoms with van der Waals surface area (Å²) in [5.41, 5.74) is 2.51. The monoisotopic (exact) mass is 291 g/mol. The molecule has 0 amide bonds. The molecular formula is C18H33N3. The Hall–Kier alpha value is -0.830. The second-order valence-corrected chi connectivity index (χ2v) is 6.85. The highest BCUT2D eigenvalue weighted by Gasteiger charge is 2.19. The number of hydrogen-bond acceptors (Lipinski definition) is 2. The molecule has 1 aliphatic carbocycles. The lowest BCUT2D eigenvalue weighted by Gasteiger charge is -2.24. The van der Waals surface area contributed by atoms with E-state index in [0.29, 0.717) is 6.04 Å². The largest absolute Gasteiger partial charge is 0.314 e. The minimum atomic E-state index is 0.614. The van der Waals surface area contributed by atoms with E-state index in [0.717, 1.165) is 24.6 Å². The van der Waals surface area contributed by atoms with Crippen LogP contribution in [-0.2, 0) is 13.5 Å². The second kappa shape index (κ2) is 8.57. The van der Waals surface area contributed by atoms with Crippen molar-refractivity contribution < 1.29 is 0 Å². The number of nitrogens with zero attached hydrogens (tertiary/aromatic N) is 2. The van der Waals surface area contributed by atoms with Crippen LogP contribution in [0.4, 0.5) is 0 Å². The third kappa shape index (κ3) is 5.46. The molecule has 1 heterocycles. The highest BCUT2D eigenvalue weighted by Crippen LogP contribution is 2.27. The molecule has 1 N–H and O–H groups in total. The van der Waals surface area contributed by atoms with Gasteiger partial charge >= 0.3 is 0 Å². The molecule has 0 bridgehead atoms. The summed E-state index contributed by atoms with van der Waals surface area (Å²) in [5, 5.41) is 8.28. The Kier molecular flexibility index (Phi) is 6.75. The van der Waals surface area contributed by atoms with E-state index in [-0.39, 0.29) is 0 Å². The summed E-state index contributed by atoms with van der Waals surface area (Å²) in [6, 6.07) is 2.86. The summed E-state index contributed by atoms with van der Waals surface area (Å²) in [6.45, 7) is 5.47. The van der Waals surface area contributed by atoms with E-state index in [4.69, 9.17) is 0 Å². The Bertz CT molecular complexity index is 403.